The van der Waals surface area contributed by atoms with Gasteiger partial charge in [-0.15, -0.1) is 0 Å². The van der Waals surface area contributed by atoms with Crippen LogP contribution in [-0.2, 0) is 17.8 Å². The van der Waals surface area contributed by atoms with Crippen LogP contribution in [0.4, 0.5) is 10.1 Å². The smallest absolute Gasteiger partial charge is 0.307 e. The number of hydrogen-bond acceptors (Lipinski definition) is 4. The Morgan fingerprint density at radius 3 is 2.27 bits per heavy atom. The van der Waals surface area contributed by atoms with Gasteiger partial charge in [-0.05, 0) is 30.5 Å². The predicted molar refractivity (Wildman–Crippen MR) is 124 cm³/mol. The molecule has 33 heavy (non-hydrogen) atoms. The van der Waals surface area contributed by atoms with Crippen LogP contribution in [0.5, 0.6) is 11.5 Å². The van der Waals surface area contributed by atoms with Crippen molar-refractivity contribution in [2.45, 2.75) is 39.7 Å². The summed E-state index contributed by atoms with van der Waals surface area (Å²) < 4.78 is 26.8. The zero-order valence-electron chi connectivity index (χ0n) is 18.7. The first-order chi connectivity index (χ1) is 16.0. The zero-order chi connectivity index (χ0) is 23.5. The van der Waals surface area contributed by atoms with Crippen LogP contribution in [0.3, 0.4) is 0 Å². The second kappa shape index (κ2) is 9.48. The number of ether oxygens (including phenoxy) is 2. The number of carboxylic acid groups (broad SMARTS) is 1. The van der Waals surface area contributed by atoms with E-state index in [1.165, 1.54) is 17.0 Å². The topological polar surface area (TPSA) is 76.1 Å². The number of amides is 1. The van der Waals surface area contributed by atoms with E-state index in [0.29, 0.717) is 41.5 Å². The lowest BCUT2D eigenvalue weighted by Gasteiger charge is -2.17. The third-order valence-electron chi connectivity index (χ3n) is 5.59. The minimum atomic E-state index is -1.12. The van der Waals surface area contributed by atoms with Crippen molar-refractivity contribution < 1.29 is 28.6 Å². The molecule has 1 aliphatic rings. The second-order valence-corrected chi connectivity index (χ2v) is 7.99. The molecule has 0 saturated carbocycles. The van der Waals surface area contributed by atoms with Gasteiger partial charge < -0.3 is 19.5 Å². The lowest BCUT2D eigenvalue weighted by atomic mass is 9.99. The first-order valence-corrected chi connectivity index (χ1v) is 11.1. The van der Waals surface area contributed by atoms with Crippen LogP contribution in [0.1, 0.15) is 48.2 Å². The van der Waals surface area contributed by atoms with Crippen LogP contribution in [-0.4, -0.2) is 30.2 Å². The average molecular weight is 451 g/mol. The molecule has 3 aromatic rings. The van der Waals surface area contributed by atoms with Gasteiger partial charge in [-0.2, -0.15) is 0 Å². The van der Waals surface area contributed by atoms with Crippen molar-refractivity contribution in [3.63, 3.8) is 0 Å². The molecule has 0 aliphatic carbocycles. The number of nitrogens with zero attached hydrogens (tertiary/aromatic N) is 1. The van der Waals surface area contributed by atoms with E-state index in [-0.39, 0.29) is 18.0 Å². The summed E-state index contributed by atoms with van der Waals surface area (Å²) in [7, 11) is 0. The molecule has 0 bridgehead atoms. The first kappa shape index (κ1) is 22.6. The molecule has 1 amide bonds. The third-order valence-corrected chi connectivity index (χ3v) is 5.59. The number of benzene rings is 3. The molecule has 0 aromatic heterocycles. The standard InChI is InChI=1S/C26H26FNO5/c1-3-11-32-24-18-7-5-6-8-19(18)25(33-12-4-2)23-20(24)15-28(26(23)31)17-10-9-16(13-22(29)30)21(27)14-17/h5-10,14H,3-4,11-13,15H2,1-2H3,(H,29,30). The normalized spacial score (nSPS) is 12.8. The molecular formula is C26H26FNO5. The van der Waals surface area contributed by atoms with E-state index < -0.39 is 18.2 Å². The summed E-state index contributed by atoms with van der Waals surface area (Å²) in [5, 5.41) is 10.6. The monoisotopic (exact) mass is 451 g/mol. The average Bonchev–Trinajstić information content (AvgIpc) is 3.14. The fourth-order valence-corrected chi connectivity index (χ4v) is 4.11. The maximum Gasteiger partial charge on any atom is 0.307 e. The Morgan fingerprint density at radius 2 is 1.67 bits per heavy atom. The van der Waals surface area contributed by atoms with Crippen molar-refractivity contribution in [2.75, 3.05) is 18.1 Å². The van der Waals surface area contributed by atoms with Crippen molar-refractivity contribution >= 4 is 28.3 Å². The van der Waals surface area contributed by atoms with Gasteiger partial charge in [0.25, 0.3) is 5.91 Å². The fourth-order valence-electron chi connectivity index (χ4n) is 4.11. The lowest BCUT2D eigenvalue weighted by molar-refractivity contribution is -0.136. The Hall–Kier alpha value is -3.61. The van der Waals surface area contributed by atoms with Gasteiger partial charge in [0, 0.05) is 22.0 Å². The van der Waals surface area contributed by atoms with E-state index >= 15 is 0 Å². The van der Waals surface area contributed by atoms with E-state index in [1.807, 2.05) is 38.1 Å². The van der Waals surface area contributed by atoms with Gasteiger partial charge in [0.15, 0.2) is 0 Å². The number of halogens is 1. The molecule has 0 spiro atoms. The number of aliphatic carboxylic acids is 1. The quantitative estimate of drug-likeness (QED) is 0.475. The molecule has 0 atom stereocenters. The SMILES string of the molecule is CCCOc1c2c(c(OCCC)c3ccccc13)C(=O)N(c1ccc(CC(=O)O)c(F)c1)C2. The Balaban J connectivity index is 1.84. The van der Waals surface area contributed by atoms with Crippen LogP contribution in [0.15, 0.2) is 42.5 Å². The maximum absolute atomic E-state index is 14.6. The first-order valence-electron chi connectivity index (χ1n) is 11.1. The van der Waals surface area contributed by atoms with Crippen LogP contribution < -0.4 is 14.4 Å². The molecule has 3 aromatic carbocycles. The summed E-state index contributed by atoms with van der Waals surface area (Å²) in [6, 6.07) is 11.9. The van der Waals surface area contributed by atoms with Gasteiger partial charge in [-0.3, -0.25) is 9.59 Å². The molecule has 4 rings (SSSR count). The molecule has 0 saturated heterocycles. The lowest BCUT2D eigenvalue weighted by Crippen LogP contribution is -2.23. The second-order valence-electron chi connectivity index (χ2n) is 7.99. The minimum absolute atomic E-state index is 0.0695. The van der Waals surface area contributed by atoms with Crippen molar-refractivity contribution in [1.82, 2.24) is 0 Å². The zero-order valence-corrected chi connectivity index (χ0v) is 18.7. The number of carboxylic acids is 1. The van der Waals surface area contributed by atoms with Gasteiger partial charge in [-0.25, -0.2) is 4.39 Å². The molecule has 6 nitrogen and oxygen atoms in total. The predicted octanol–water partition coefficient (Wildman–Crippen LogP) is 5.34. The molecule has 1 heterocycles. The number of carbonyl (C=O) groups excluding carboxylic acids is 1. The number of hydrogen-bond donors (Lipinski definition) is 1. The number of rotatable bonds is 9. The highest BCUT2D eigenvalue weighted by Crippen LogP contribution is 2.46. The highest BCUT2D eigenvalue weighted by Gasteiger charge is 2.37. The minimum Gasteiger partial charge on any atom is -0.493 e. The molecule has 1 N–H and O–H groups in total. The van der Waals surface area contributed by atoms with E-state index in [1.54, 1.807) is 6.07 Å². The van der Waals surface area contributed by atoms with Gasteiger partial charge in [-0.1, -0.05) is 44.2 Å². The molecular weight excluding hydrogens is 425 g/mol. The molecule has 0 fully saturated rings. The van der Waals surface area contributed by atoms with Crippen LogP contribution in [0, 0.1) is 5.82 Å². The summed E-state index contributed by atoms with van der Waals surface area (Å²) in [4.78, 5) is 26.0. The third kappa shape index (κ3) is 4.23. The molecule has 0 unspecified atom stereocenters. The number of fused-ring (bicyclic) bond motifs is 2. The number of carbonyl (C=O) groups is 2. The Bertz CT molecular complexity index is 1220. The largest absolute Gasteiger partial charge is 0.493 e. The Labute approximate surface area is 191 Å². The fraction of sp³-hybridized carbons (Fsp3) is 0.308. The van der Waals surface area contributed by atoms with E-state index in [2.05, 4.69) is 0 Å². The summed E-state index contributed by atoms with van der Waals surface area (Å²) in [5.41, 5.74) is 1.58. The Kier molecular flexibility index (Phi) is 6.49. The van der Waals surface area contributed by atoms with Gasteiger partial charge in [0.05, 0.1) is 31.7 Å². The van der Waals surface area contributed by atoms with E-state index in [0.717, 1.165) is 23.6 Å². The highest BCUT2D eigenvalue weighted by molar-refractivity contribution is 6.16. The van der Waals surface area contributed by atoms with Gasteiger partial charge >= 0.3 is 5.97 Å². The summed E-state index contributed by atoms with van der Waals surface area (Å²) in [6.45, 7) is 5.17. The summed E-state index contributed by atoms with van der Waals surface area (Å²) in [6.07, 6.45) is 1.17. The molecule has 0 radical (unpaired) electrons. The van der Waals surface area contributed by atoms with E-state index in [4.69, 9.17) is 14.6 Å². The van der Waals surface area contributed by atoms with Crippen LogP contribution in [0.25, 0.3) is 10.8 Å². The molecule has 172 valence electrons. The van der Waals surface area contributed by atoms with Crippen molar-refractivity contribution in [1.29, 1.82) is 0 Å². The number of anilines is 1. The molecule has 1 aliphatic heterocycles. The van der Waals surface area contributed by atoms with Crippen LogP contribution in [0.2, 0.25) is 0 Å². The Morgan fingerprint density at radius 1 is 1.03 bits per heavy atom. The van der Waals surface area contributed by atoms with E-state index in [9.17, 15) is 14.0 Å². The van der Waals surface area contributed by atoms with Crippen molar-refractivity contribution in [3.05, 3.63) is 65.0 Å². The highest BCUT2D eigenvalue weighted by atomic mass is 19.1. The van der Waals surface area contributed by atoms with Crippen molar-refractivity contribution in [2.24, 2.45) is 0 Å². The van der Waals surface area contributed by atoms with Gasteiger partial charge in [0.2, 0.25) is 0 Å². The maximum atomic E-state index is 14.6. The van der Waals surface area contributed by atoms with Crippen molar-refractivity contribution in [3.8, 4) is 11.5 Å². The van der Waals surface area contributed by atoms with Gasteiger partial charge in [0.1, 0.15) is 17.3 Å². The van der Waals surface area contributed by atoms with Crippen LogP contribution >= 0.6 is 0 Å². The summed E-state index contributed by atoms with van der Waals surface area (Å²) in [5.74, 6) is -0.914. The summed E-state index contributed by atoms with van der Waals surface area (Å²) >= 11 is 0. The molecule has 7 heteroatoms.